The van der Waals surface area contributed by atoms with Gasteiger partial charge in [0.05, 0.1) is 12.1 Å². The summed E-state index contributed by atoms with van der Waals surface area (Å²) in [7, 11) is 0. The number of benzene rings is 1. The van der Waals surface area contributed by atoms with Crippen LogP contribution in [0.2, 0.25) is 0 Å². The van der Waals surface area contributed by atoms with Crippen molar-refractivity contribution in [2.75, 3.05) is 0 Å². The standard InChI is InChI=1S/C14H19F2NO/c15-10-7-4-8-11(16)12(10)13(17)14(18)9-5-2-1-3-6-9/h4,7-9,13-14,18H,1-3,5-6,17H2/t13-,14+/m1/s1. The fourth-order valence-corrected chi connectivity index (χ4v) is 2.77. The molecule has 1 aromatic rings. The van der Waals surface area contributed by atoms with Gasteiger partial charge in [-0.05, 0) is 30.9 Å². The van der Waals surface area contributed by atoms with Crippen molar-refractivity contribution < 1.29 is 13.9 Å². The maximum absolute atomic E-state index is 13.6. The van der Waals surface area contributed by atoms with Crippen molar-refractivity contribution in [1.82, 2.24) is 0 Å². The number of halogens is 2. The van der Waals surface area contributed by atoms with Gasteiger partial charge in [-0.2, -0.15) is 0 Å². The minimum Gasteiger partial charge on any atom is -0.391 e. The molecule has 1 aliphatic carbocycles. The van der Waals surface area contributed by atoms with Gasteiger partial charge in [-0.3, -0.25) is 0 Å². The lowest BCUT2D eigenvalue weighted by molar-refractivity contribution is 0.0597. The molecule has 3 N–H and O–H groups in total. The molecule has 1 aromatic carbocycles. The van der Waals surface area contributed by atoms with Crippen LogP contribution in [-0.4, -0.2) is 11.2 Å². The van der Waals surface area contributed by atoms with Gasteiger partial charge in [0.2, 0.25) is 0 Å². The van der Waals surface area contributed by atoms with Crippen molar-refractivity contribution in [3.05, 3.63) is 35.4 Å². The molecule has 1 aliphatic rings. The van der Waals surface area contributed by atoms with E-state index in [1.54, 1.807) is 0 Å². The number of hydrogen-bond donors (Lipinski definition) is 2. The molecule has 0 radical (unpaired) electrons. The van der Waals surface area contributed by atoms with E-state index in [0.717, 1.165) is 32.1 Å². The summed E-state index contributed by atoms with van der Waals surface area (Å²) < 4.78 is 27.2. The van der Waals surface area contributed by atoms with E-state index in [1.165, 1.54) is 18.2 Å². The molecule has 100 valence electrons. The number of rotatable bonds is 3. The molecule has 2 nitrogen and oxygen atoms in total. The summed E-state index contributed by atoms with van der Waals surface area (Å²) in [5, 5.41) is 10.2. The van der Waals surface area contributed by atoms with E-state index < -0.39 is 23.8 Å². The maximum Gasteiger partial charge on any atom is 0.131 e. The second-order valence-electron chi connectivity index (χ2n) is 5.05. The first-order valence-corrected chi connectivity index (χ1v) is 6.49. The zero-order valence-corrected chi connectivity index (χ0v) is 10.3. The van der Waals surface area contributed by atoms with Gasteiger partial charge >= 0.3 is 0 Å². The van der Waals surface area contributed by atoms with Crippen molar-refractivity contribution in [3.8, 4) is 0 Å². The summed E-state index contributed by atoms with van der Waals surface area (Å²) in [6, 6.07) is 2.65. The maximum atomic E-state index is 13.6. The topological polar surface area (TPSA) is 46.2 Å². The Morgan fingerprint density at radius 3 is 2.22 bits per heavy atom. The van der Waals surface area contributed by atoms with Gasteiger partial charge < -0.3 is 10.8 Å². The number of hydrogen-bond acceptors (Lipinski definition) is 2. The Balaban J connectivity index is 2.16. The van der Waals surface area contributed by atoms with E-state index in [4.69, 9.17) is 5.73 Å². The van der Waals surface area contributed by atoms with Gasteiger partial charge in [0.25, 0.3) is 0 Å². The average Bonchev–Trinajstić information content (AvgIpc) is 2.38. The van der Waals surface area contributed by atoms with E-state index >= 15 is 0 Å². The fourth-order valence-electron chi connectivity index (χ4n) is 2.77. The summed E-state index contributed by atoms with van der Waals surface area (Å²) in [5.74, 6) is -1.32. The number of aliphatic hydroxyl groups is 1. The molecule has 18 heavy (non-hydrogen) atoms. The first-order valence-electron chi connectivity index (χ1n) is 6.49. The zero-order valence-electron chi connectivity index (χ0n) is 10.3. The minimum absolute atomic E-state index is 0.0488. The largest absolute Gasteiger partial charge is 0.391 e. The molecule has 0 aliphatic heterocycles. The van der Waals surface area contributed by atoms with Gasteiger partial charge in [-0.1, -0.05) is 25.3 Å². The summed E-state index contributed by atoms with van der Waals surface area (Å²) in [6.07, 6.45) is 4.14. The monoisotopic (exact) mass is 255 g/mol. The Labute approximate surface area is 106 Å². The lowest BCUT2D eigenvalue weighted by Crippen LogP contribution is -2.35. The van der Waals surface area contributed by atoms with E-state index in [1.807, 2.05) is 0 Å². The molecule has 0 saturated heterocycles. The molecule has 1 fully saturated rings. The van der Waals surface area contributed by atoms with Crippen LogP contribution in [0.25, 0.3) is 0 Å². The van der Waals surface area contributed by atoms with E-state index in [9.17, 15) is 13.9 Å². The smallest absolute Gasteiger partial charge is 0.131 e. The first-order chi connectivity index (χ1) is 8.61. The number of aliphatic hydroxyl groups excluding tert-OH is 1. The summed E-state index contributed by atoms with van der Waals surface area (Å²) in [6.45, 7) is 0. The highest BCUT2D eigenvalue weighted by atomic mass is 19.1. The predicted molar refractivity (Wildman–Crippen MR) is 65.9 cm³/mol. The summed E-state index contributed by atoms with van der Waals surface area (Å²) in [5.41, 5.74) is 5.64. The van der Waals surface area contributed by atoms with Crippen LogP contribution in [0.4, 0.5) is 8.78 Å². The third-order valence-electron chi connectivity index (χ3n) is 3.83. The molecule has 1 saturated carbocycles. The molecule has 0 heterocycles. The van der Waals surface area contributed by atoms with Gasteiger partial charge in [0.1, 0.15) is 11.6 Å². The quantitative estimate of drug-likeness (QED) is 0.872. The highest BCUT2D eigenvalue weighted by Gasteiger charge is 2.30. The lowest BCUT2D eigenvalue weighted by Gasteiger charge is -2.30. The normalized spacial score (nSPS) is 20.7. The van der Waals surface area contributed by atoms with Gasteiger partial charge in [-0.25, -0.2) is 8.78 Å². The Kier molecular flexibility index (Phi) is 4.30. The van der Waals surface area contributed by atoms with Crippen molar-refractivity contribution in [1.29, 1.82) is 0 Å². The molecule has 0 amide bonds. The molecular formula is C14H19F2NO. The summed E-state index contributed by atoms with van der Waals surface area (Å²) >= 11 is 0. The van der Waals surface area contributed by atoms with Crippen LogP contribution in [0.15, 0.2) is 18.2 Å². The van der Waals surface area contributed by atoms with Crippen LogP contribution in [0.3, 0.4) is 0 Å². The van der Waals surface area contributed by atoms with Crippen LogP contribution < -0.4 is 5.73 Å². The van der Waals surface area contributed by atoms with Crippen LogP contribution in [0.1, 0.15) is 43.7 Å². The minimum atomic E-state index is -0.991. The molecular weight excluding hydrogens is 236 g/mol. The van der Waals surface area contributed by atoms with Crippen molar-refractivity contribution in [2.45, 2.75) is 44.2 Å². The number of nitrogens with two attached hydrogens (primary N) is 1. The van der Waals surface area contributed by atoms with Gasteiger partial charge in [0.15, 0.2) is 0 Å². The second kappa shape index (κ2) is 5.76. The molecule has 2 rings (SSSR count). The van der Waals surface area contributed by atoms with Gasteiger partial charge in [-0.15, -0.1) is 0 Å². The van der Waals surface area contributed by atoms with E-state index in [-0.39, 0.29) is 11.5 Å². The Hall–Kier alpha value is -1.00. The summed E-state index contributed by atoms with van der Waals surface area (Å²) in [4.78, 5) is 0. The molecule has 4 heteroatoms. The lowest BCUT2D eigenvalue weighted by atomic mass is 9.81. The highest BCUT2D eigenvalue weighted by molar-refractivity contribution is 5.24. The first kappa shape index (κ1) is 13.4. The van der Waals surface area contributed by atoms with Crippen LogP contribution in [0.5, 0.6) is 0 Å². The average molecular weight is 255 g/mol. The third kappa shape index (κ3) is 2.70. The Bertz CT molecular complexity index is 385. The Morgan fingerprint density at radius 2 is 1.67 bits per heavy atom. The van der Waals surface area contributed by atoms with Crippen molar-refractivity contribution >= 4 is 0 Å². The van der Waals surface area contributed by atoms with Crippen LogP contribution in [-0.2, 0) is 0 Å². The van der Waals surface area contributed by atoms with Gasteiger partial charge in [0, 0.05) is 5.56 Å². The molecule has 2 atom stereocenters. The molecule has 0 spiro atoms. The highest BCUT2D eigenvalue weighted by Crippen LogP contribution is 2.32. The van der Waals surface area contributed by atoms with Crippen molar-refractivity contribution in [2.24, 2.45) is 11.7 Å². The fraction of sp³-hybridized carbons (Fsp3) is 0.571. The van der Waals surface area contributed by atoms with Crippen LogP contribution in [0, 0.1) is 17.6 Å². The third-order valence-corrected chi connectivity index (χ3v) is 3.83. The molecule has 0 bridgehead atoms. The Morgan fingerprint density at radius 1 is 1.11 bits per heavy atom. The van der Waals surface area contributed by atoms with Crippen molar-refractivity contribution in [3.63, 3.8) is 0 Å². The molecule has 0 unspecified atom stereocenters. The van der Waals surface area contributed by atoms with E-state index in [0.29, 0.717) is 0 Å². The molecule has 0 aromatic heterocycles. The van der Waals surface area contributed by atoms with Crippen LogP contribution >= 0.6 is 0 Å². The zero-order chi connectivity index (χ0) is 13.1. The second-order valence-corrected chi connectivity index (χ2v) is 5.05. The predicted octanol–water partition coefficient (Wildman–Crippen LogP) is 2.91. The van der Waals surface area contributed by atoms with E-state index in [2.05, 4.69) is 0 Å². The SMILES string of the molecule is N[C@H](c1c(F)cccc1F)[C@@H](O)C1CCCCC1.